The molecule has 0 amide bonds. The van der Waals surface area contributed by atoms with Crippen molar-refractivity contribution in [2.75, 3.05) is 6.54 Å². The van der Waals surface area contributed by atoms with E-state index in [1.54, 1.807) is 0 Å². The van der Waals surface area contributed by atoms with Gasteiger partial charge in [0.25, 0.3) is 5.66 Å². The zero-order valence-corrected chi connectivity index (χ0v) is 7.45. The lowest BCUT2D eigenvalue weighted by molar-refractivity contribution is -0.169. The van der Waals surface area contributed by atoms with Crippen LogP contribution in [0.1, 0.15) is 12.8 Å². The first-order valence-corrected chi connectivity index (χ1v) is 3.80. The van der Waals surface area contributed by atoms with E-state index in [-0.39, 0.29) is 12.4 Å². The molecule has 1 atom stereocenters. The molecule has 0 aromatic carbocycles. The highest BCUT2D eigenvalue weighted by atomic mass is 35.5. The maximum atomic E-state index is 12.3. The van der Waals surface area contributed by atoms with E-state index in [0.29, 0.717) is 13.0 Å². The monoisotopic (exact) mass is 215 g/mol. The van der Waals surface area contributed by atoms with Crippen molar-refractivity contribution in [3.63, 3.8) is 0 Å². The van der Waals surface area contributed by atoms with Crippen molar-refractivity contribution < 1.29 is 13.2 Å². The first-order chi connectivity index (χ1) is 5.56. The molecule has 0 aromatic rings. The lowest BCUT2D eigenvalue weighted by Crippen LogP contribution is -2.48. The van der Waals surface area contributed by atoms with Gasteiger partial charge in [0.2, 0.25) is 0 Å². The summed E-state index contributed by atoms with van der Waals surface area (Å²) in [6, 6.07) is -0.627. The van der Waals surface area contributed by atoms with Gasteiger partial charge in [0, 0.05) is 0 Å². The van der Waals surface area contributed by atoms with E-state index >= 15 is 0 Å². The van der Waals surface area contributed by atoms with E-state index in [1.807, 2.05) is 0 Å². The van der Waals surface area contributed by atoms with Gasteiger partial charge in [-0.2, -0.15) is 13.2 Å². The molecule has 2 aliphatic rings. The van der Waals surface area contributed by atoms with Crippen molar-refractivity contribution in [2.45, 2.75) is 30.7 Å². The Labute approximate surface area is 79.2 Å². The minimum Gasteiger partial charge on any atom is -0.310 e. The van der Waals surface area contributed by atoms with Gasteiger partial charge in [-0.25, -0.2) is 0 Å². The Morgan fingerprint density at radius 2 is 1.92 bits per heavy atom. The number of nitrogens with zero attached hydrogens (tertiary/aromatic N) is 2. The summed E-state index contributed by atoms with van der Waals surface area (Å²) in [4.78, 5) is 0. The van der Waals surface area contributed by atoms with Gasteiger partial charge in [-0.1, -0.05) is 0 Å². The van der Waals surface area contributed by atoms with Crippen LogP contribution in [0.3, 0.4) is 0 Å². The van der Waals surface area contributed by atoms with Crippen LogP contribution in [0.5, 0.6) is 0 Å². The van der Waals surface area contributed by atoms with Gasteiger partial charge < -0.3 is 5.32 Å². The van der Waals surface area contributed by atoms with Crippen LogP contribution in [0.25, 0.3) is 0 Å². The van der Waals surface area contributed by atoms with Crippen LogP contribution in [0.15, 0.2) is 10.2 Å². The highest BCUT2D eigenvalue weighted by Crippen LogP contribution is 2.48. The summed E-state index contributed by atoms with van der Waals surface area (Å²) in [5.74, 6) is 0. The van der Waals surface area contributed by atoms with E-state index in [9.17, 15) is 13.2 Å². The smallest absolute Gasteiger partial charge is 0.310 e. The van der Waals surface area contributed by atoms with E-state index in [1.165, 1.54) is 0 Å². The molecular formula is C6H9ClF3N3. The fourth-order valence-corrected chi connectivity index (χ4v) is 1.53. The molecule has 0 aromatic heterocycles. The zero-order chi connectivity index (χ0) is 8.82. The molecule has 1 N–H and O–H groups in total. The summed E-state index contributed by atoms with van der Waals surface area (Å²) < 4.78 is 37.0. The molecule has 1 unspecified atom stereocenters. The second-order valence-corrected chi connectivity index (χ2v) is 3.07. The molecule has 2 rings (SSSR count). The minimum atomic E-state index is -4.32. The second-order valence-electron chi connectivity index (χ2n) is 3.07. The number of rotatable bonds is 1. The zero-order valence-electron chi connectivity index (χ0n) is 6.64. The van der Waals surface area contributed by atoms with Crippen LogP contribution in [0.2, 0.25) is 0 Å². The molecule has 0 saturated carbocycles. The Morgan fingerprint density at radius 3 is 2.23 bits per heavy atom. The minimum absolute atomic E-state index is 0. The van der Waals surface area contributed by atoms with Crippen LogP contribution < -0.4 is 5.32 Å². The normalized spacial score (nSPS) is 29.9. The number of hydrogen-bond acceptors (Lipinski definition) is 3. The summed E-state index contributed by atoms with van der Waals surface area (Å²) in [7, 11) is 0. The second kappa shape index (κ2) is 3.09. The van der Waals surface area contributed by atoms with Gasteiger partial charge >= 0.3 is 6.18 Å². The molecule has 2 heterocycles. The Bertz CT molecular complexity index is 216. The molecule has 0 bridgehead atoms. The van der Waals surface area contributed by atoms with Crippen molar-refractivity contribution in [1.29, 1.82) is 0 Å². The van der Waals surface area contributed by atoms with Crippen LogP contribution >= 0.6 is 12.4 Å². The van der Waals surface area contributed by atoms with Gasteiger partial charge in [0.1, 0.15) is 0 Å². The average molecular weight is 216 g/mol. The highest BCUT2D eigenvalue weighted by molar-refractivity contribution is 5.85. The fourth-order valence-electron chi connectivity index (χ4n) is 1.53. The lowest BCUT2D eigenvalue weighted by Gasteiger charge is -2.20. The third kappa shape index (κ3) is 1.52. The van der Waals surface area contributed by atoms with Gasteiger partial charge in [0.15, 0.2) is 0 Å². The van der Waals surface area contributed by atoms with E-state index in [4.69, 9.17) is 0 Å². The molecule has 0 aliphatic carbocycles. The summed E-state index contributed by atoms with van der Waals surface area (Å²) in [6.07, 6.45) is -3.05. The molecule has 1 fully saturated rings. The number of nitrogens with one attached hydrogen (secondary N) is 1. The van der Waals surface area contributed by atoms with E-state index in [0.717, 1.165) is 6.42 Å². The number of alkyl halides is 3. The molecule has 0 spiro atoms. The Balaban J connectivity index is 0.000000845. The van der Waals surface area contributed by atoms with Crippen LogP contribution in [0, 0.1) is 0 Å². The molecule has 3 nitrogen and oxygen atoms in total. The third-order valence-electron chi connectivity index (χ3n) is 2.28. The molecule has 13 heavy (non-hydrogen) atoms. The third-order valence-corrected chi connectivity index (χ3v) is 2.28. The summed E-state index contributed by atoms with van der Waals surface area (Å²) in [5.41, 5.74) is -2.09. The average Bonchev–Trinajstić information content (AvgIpc) is 2.61. The van der Waals surface area contributed by atoms with Gasteiger partial charge in [-0.05, 0) is 19.4 Å². The van der Waals surface area contributed by atoms with Gasteiger partial charge in [0.05, 0.1) is 6.04 Å². The lowest BCUT2D eigenvalue weighted by atomic mass is 10.0. The van der Waals surface area contributed by atoms with Gasteiger partial charge in [-0.3, -0.25) is 0 Å². The summed E-state index contributed by atoms with van der Waals surface area (Å²) in [6.45, 7) is 0.632. The van der Waals surface area contributed by atoms with Crippen molar-refractivity contribution in [3.8, 4) is 0 Å². The number of hydrogen-bond donors (Lipinski definition) is 1. The maximum Gasteiger partial charge on any atom is 0.439 e. The topological polar surface area (TPSA) is 36.8 Å². The summed E-state index contributed by atoms with van der Waals surface area (Å²) >= 11 is 0. The predicted octanol–water partition coefficient (Wildman–Crippen LogP) is 1.88. The Morgan fingerprint density at radius 1 is 1.31 bits per heavy atom. The van der Waals surface area contributed by atoms with Crippen molar-refractivity contribution in [2.24, 2.45) is 10.2 Å². The van der Waals surface area contributed by atoms with Crippen LogP contribution in [0.4, 0.5) is 13.2 Å². The van der Waals surface area contributed by atoms with E-state index in [2.05, 4.69) is 15.5 Å². The molecule has 7 heteroatoms. The SMILES string of the molecule is Cl.FC(F)(F)C1(C2CCCN2)N=N1. The molecule has 2 aliphatic heterocycles. The molecular weight excluding hydrogens is 207 g/mol. The summed E-state index contributed by atoms with van der Waals surface area (Å²) in [5, 5.41) is 9.01. The predicted molar refractivity (Wildman–Crippen MR) is 41.9 cm³/mol. The van der Waals surface area contributed by atoms with E-state index < -0.39 is 17.9 Å². The van der Waals surface area contributed by atoms with Crippen molar-refractivity contribution in [1.82, 2.24) is 5.32 Å². The molecule has 0 radical (unpaired) electrons. The first-order valence-electron chi connectivity index (χ1n) is 3.80. The quantitative estimate of drug-likeness (QED) is 0.713. The van der Waals surface area contributed by atoms with Crippen molar-refractivity contribution >= 4 is 12.4 Å². The molecule has 1 saturated heterocycles. The van der Waals surface area contributed by atoms with Crippen LogP contribution in [-0.2, 0) is 0 Å². The Kier molecular flexibility index (Phi) is 2.55. The fraction of sp³-hybridized carbons (Fsp3) is 1.00. The Hall–Kier alpha value is -0.360. The standard InChI is InChI=1S/C6H8F3N3.ClH/c7-6(8,9)5(11-12-5)4-2-1-3-10-4;/h4,10H,1-3H2;1H. The largest absolute Gasteiger partial charge is 0.439 e. The van der Waals surface area contributed by atoms with Gasteiger partial charge in [-0.15, -0.1) is 22.6 Å². The van der Waals surface area contributed by atoms with Crippen LogP contribution in [-0.4, -0.2) is 24.4 Å². The first kappa shape index (κ1) is 10.7. The maximum absolute atomic E-state index is 12.3. The highest BCUT2D eigenvalue weighted by Gasteiger charge is 2.68. The van der Waals surface area contributed by atoms with Crippen molar-refractivity contribution in [3.05, 3.63) is 0 Å². The number of halogens is 4. The molecule has 76 valence electrons.